The van der Waals surface area contributed by atoms with E-state index in [9.17, 15) is 4.79 Å². The third-order valence-electron chi connectivity index (χ3n) is 4.65. The molecule has 0 radical (unpaired) electrons. The summed E-state index contributed by atoms with van der Waals surface area (Å²) in [6.45, 7) is 2.08. The van der Waals surface area contributed by atoms with E-state index in [1.165, 1.54) is 19.3 Å². The van der Waals surface area contributed by atoms with E-state index in [0.29, 0.717) is 24.6 Å². The van der Waals surface area contributed by atoms with Gasteiger partial charge < -0.3 is 14.7 Å². The van der Waals surface area contributed by atoms with Crippen LogP contribution >= 0.6 is 11.3 Å². The first kappa shape index (κ1) is 17.7. The number of carbonyl (C=O) groups is 1. The molecule has 1 amide bonds. The Bertz CT molecular complexity index is 885. The minimum absolute atomic E-state index is 0.0460. The van der Waals surface area contributed by atoms with Crippen LogP contribution in [0.5, 0.6) is 0 Å². The number of piperidine rings is 1. The second kappa shape index (κ2) is 8.35. The summed E-state index contributed by atoms with van der Waals surface area (Å²) in [6, 6.07) is 11.9. The molecule has 4 rings (SSSR count). The molecule has 27 heavy (non-hydrogen) atoms. The summed E-state index contributed by atoms with van der Waals surface area (Å²) in [5, 5.41) is 9.00. The van der Waals surface area contributed by atoms with Crippen molar-refractivity contribution in [2.75, 3.05) is 23.3 Å². The quantitative estimate of drug-likeness (QED) is 0.686. The molecule has 0 bridgehead atoms. The fraction of sp³-hybridized carbons (Fsp3) is 0.350. The molecule has 140 valence electrons. The smallest absolute Gasteiger partial charge is 0.227 e. The largest absolute Gasteiger partial charge is 0.370 e. The van der Waals surface area contributed by atoms with Crippen LogP contribution in [0.25, 0.3) is 10.7 Å². The molecule has 3 aromatic rings. The number of anilines is 2. The average molecular weight is 382 g/mol. The summed E-state index contributed by atoms with van der Waals surface area (Å²) >= 11 is 1.56. The van der Waals surface area contributed by atoms with E-state index in [2.05, 4.69) is 26.4 Å². The first-order valence-electron chi connectivity index (χ1n) is 9.30. The summed E-state index contributed by atoms with van der Waals surface area (Å²) in [6.07, 6.45) is 4.41. The number of nitrogens with zero attached hydrogens (tertiary/aromatic N) is 3. The minimum Gasteiger partial charge on any atom is -0.370 e. The van der Waals surface area contributed by atoms with Crippen molar-refractivity contribution in [2.45, 2.75) is 32.1 Å². The highest BCUT2D eigenvalue weighted by atomic mass is 32.1. The number of thiophene rings is 1. The molecule has 1 saturated heterocycles. The lowest BCUT2D eigenvalue weighted by Gasteiger charge is -2.30. The molecule has 6 nitrogen and oxygen atoms in total. The maximum Gasteiger partial charge on any atom is 0.227 e. The summed E-state index contributed by atoms with van der Waals surface area (Å²) in [4.78, 5) is 20.1. The van der Waals surface area contributed by atoms with Crippen molar-refractivity contribution < 1.29 is 9.32 Å². The minimum atomic E-state index is -0.0460. The van der Waals surface area contributed by atoms with Gasteiger partial charge in [-0.05, 0) is 42.8 Å². The molecular weight excluding hydrogens is 360 g/mol. The van der Waals surface area contributed by atoms with Crippen LogP contribution < -0.4 is 10.2 Å². The number of benzene rings is 1. The number of carbonyl (C=O) groups excluding carboxylic acids is 1. The van der Waals surface area contributed by atoms with Gasteiger partial charge in [-0.15, -0.1) is 11.3 Å². The Morgan fingerprint density at radius 1 is 1.15 bits per heavy atom. The van der Waals surface area contributed by atoms with Crippen LogP contribution in [0.2, 0.25) is 0 Å². The highest BCUT2D eigenvalue weighted by molar-refractivity contribution is 7.13. The second-order valence-electron chi connectivity index (χ2n) is 6.60. The first-order chi connectivity index (χ1) is 13.3. The zero-order valence-corrected chi connectivity index (χ0v) is 15.9. The molecule has 0 aliphatic carbocycles. The van der Waals surface area contributed by atoms with Gasteiger partial charge in [-0.3, -0.25) is 4.79 Å². The van der Waals surface area contributed by atoms with E-state index in [4.69, 9.17) is 4.52 Å². The number of hydrogen-bond donors (Lipinski definition) is 1. The Morgan fingerprint density at radius 3 is 2.81 bits per heavy atom. The maximum absolute atomic E-state index is 12.4. The zero-order valence-electron chi connectivity index (χ0n) is 15.1. The van der Waals surface area contributed by atoms with E-state index in [1.54, 1.807) is 11.3 Å². The van der Waals surface area contributed by atoms with Crippen molar-refractivity contribution in [3.63, 3.8) is 0 Å². The van der Waals surface area contributed by atoms with Crippen molar-refractivity contribution in [1.82, 2.24) is 10.1 Å². The molecule has 1 fully saturated rings. The number of amides is 1. The van der Waals surface area contributed by atoms with Gasteiger partial charge in [0.25, 0.3) is 0 Å². The topological polar surface area (TPSA) is 71.3 Å². The van der Waals surface area contributed by atoms with Gasteiger partial charge in [-0.2, -0.15) is 4.98 Å². The normalized spacial score (nSPS) is 14.3. The van der Waals surface area contributed by atoms with Crippen molar-refractivity contribution in [1.29, 1.82) is 0 Å². The summed E-state index contributed by atoms with van der Waals surface area (Å²) in [5.74, 6) is 1.02. The van der Waals surface area contributed by atoms with Crippen LogP contribution in [0.1, 0.15) is 31.6 Å². The molecule has 0 saturated carbocycles. The lowest BCUT2D eigenvalue weighted by Crippen LogP contribution is -2.30. The standard InChI is InChI=1S/C20H22N4O2S/c25-18(10-11-19-22-20(23-26-19)17-9-6-14-27-17)21-15-7-2-3-8-16(15)24-12-4-1-5-13-24/h2-3,6-9,14H,1,4-5,10-13H2,(H,21,25). The van der Waals surface area contributed by atoms with Gasteiger partial charge in [0.05, 0.1) is 16.3 Å². The van der Waals surface area contributed by atoms with E-state index in [-0.39, 0.29) is 5.91 Å². The van der Waals surface area contributed by atoms with Crippen LogP contribution in [-0.2, 0) is 11.2 Å². The molecule has 7 heteroatoms. The van der Waals surface area contributed by atoms with Gasteiger partial charge >= 0.3 is 0 Å². The predicted octanol–water partition coefficient (Wildman–Crippen LogP) is 4.36. The fourth-order valence-electron chi connectivity index (χ4n) is 3.29. The van der Waals surface area contributed by atoms with E-state index in [1.807, 2.05) is 35.7 Å². The third-order valence-corrected chi connectivity index (χ3v) is 5.52. The Labute approximate surface area is 162 Å². The Kier molecular flexibility index (Phi) is 5.48. The van der Waals surface area contributed by atoms with Crippen LogP contribution in [0.3, 0.4) is 0 Å². The molecule has 3 heterocycles. The van der Waals surface area contributed by atoms with Crippen LogP contribution in [0.4, 0.5) is 11.4 Å². The lowest BCUT2D eigenvalue weighted by atomic mass is 10.1. The first-order valence-corrected chi connectivity index (χ1v) is 10.2. The third kappa shape index (κ3) is 4.36. The fourth-order valence-corrected chi connectivity index (χ4v) is 3.93. The molecule has 1 aliphatic heterocycles. The molecule has 0 unspecified atom stereocenters. The molecule has 1 aromatic carbocycles. The Morgan fingerprint density at radius 2 is 2.00 bits per heavy atom. The SMILES string of the molecule is O=C(CCc1nc(-c2cccs2)no1)Nc1ccccc1N1CCCCC1. The molecule has 1 N–H and O–H groups in total. The van der Waals surface area contributed by atoms with E-state index >= 15 is 0 Å². The van der Waals surface area contributed by atoms with Crippen LogP contribution in [0, 0.1) is 0 Å². The van der Waals surface area contributed by atoms with E-state index in [0.717, 1.165) is 29.3 Å². The number of aryl methyl sites for hydroxylation is 1. The number of nitrogens with one attached hydrogen (secondary N) is 1. The van der Waals surface area contributed by atoms with Gasteiger partial charge in [0.1, 0.15) is 0 Å². The number of hydrogen-bond acceptors (Lipinski definition) is 6. The highest BCUT2D eigenvalue weighted by Crippen LogP contribution is 2.28. The molecule has 0 spiro atoms. The number of rotatable bonds is 6. The Hall–Kier alpha value is -2.67. The highest BCUT2D eigenvalue weighted by Gasteiger charge is 2.16. The zero-order chi connectivity index (χ0) is 18.5. The molecule has 1 aliphatic rings. The van der Waals surface area contributed by atoms with Gasteiger partial charge in [-0.1, -0.05) is 23.4 Å². The van der Waals surface area contributed by atoms with Gasteiger partial charge in [-0.25, -0.2) is 0 Å². The predicted molar refractivity (Wildman–Crippen MR) is 107 cm³/mol. The average Bonchev–Trinajstić information content (AvgIpc) is 3.39. The molecule has 0 atom stereocenters. The van der Waals surface area contributed by atoms with Gasteiger partial charge in [0.15, 0.2) is 0 Å². The van der Waals surface area contributed by atoms with Gasteiger partial charge in [0.2, 0.25) is 17.6 Å². The van der Waals surface area contributed by atoms with Crippen molar-refractivity contribution in [2.24, 2.45) is 0 Å². The monoisotopic (exact) mass is 382 g/mol. The van der Waals surface area contributed by atoms with Crippen molar-refractivity contribution in [3.05, 3.63) is 47.7 Å². The summed E-state index contributed by atoms with van der Waals surface area (Å²) in [5.41, 5.74) is 1.97. The lowest BCUT2D eigenvalue weighted by molar-refractivity contribution is -0.116. The second-order valence-corrected chi connectivity index (χ2v) is 7.55. The van der Waals surface area contributed by atoms with E-state index < -0.39 is 0 Å². The number of aromatic nitrogens is 2. The Balaban J connectivity index is 1.36. The molecule has 2 aromatic heterocycles. The van der Waals surface area contributed by atoms with Crippen molar-refractivity contribution in [3.8, 4) is 10.7 Å². The summed E-state index contributed by atoms with van der Waals surface area (Å²) in [7, 11) is 0. The van der Waals surface area contributed by atoms with Gasteiger partial charge in [0, 0.05) is 25.9 Å². The summed E-state index contributed by atoms with van der Waals surface area (Å²) < 4.78 is 5.27. The van der Waals surface area contributed by atoms with Crippen molar-refractivity contribution >= 4 is 28.6 Å². The van der Waals surface area contributed by atoms with Crippen LogP contribution in [0.15, 0.2) is 46.3 Å². The maximum atomic E-state index is 12.4. The van der Waals surface area contributed by atoms with Crippen LogP contribution in [-0.4, -0.2) is 29.1 Å². The number of para-hydroxylation sites is 2. The molecular formula is C20H22N4O2S.